The molecule has 2 saturated heterocycles. The average molecular weight is 706 g/mol. The normalized spacial score (nSPS) is 17.3. The highest BCUT2D eigenvalue weighted by Crippen LogP contribution is 2.33. The van der Waals surface area contributed by atoms with Crippen LogP contribution in [0.1, 0.15) is 70.9 Å². The number of piperidine rings is 1. The van der Waals surface area contributed by atoms with Crippen LogP contribution in [0.4, 0.5) is 4.39 Å². The summed E-state index contributed by atoms with van der Waals surface area (Å²) in [4.78, 5) is 36.1. The SMILES string of the molecule is CC(C)c1nc(C(=O)N2CCOC3(CCN(Cc4ccc(F)c(CCNC[C@H](O)c5ccc(O)c6[nH]c(=O)sc56)c4)CC3)C2)cs1.Cl. The van der Waals surface area contributed by atoms with E-state index in [1.165, 1.54) is 23.5 Å². The Labute approximate surface area is 287 Å². The molecule has 1 amide bonds. The molecule has 2 aromatic carbocycles. The van der Waals surface area contributed by atoms with Gasteiger partial charge in [0.25, 0.3) is 5.91 Å². The minimum absolute atomic E-state index is 0. The number of hydrogen-bond donors (Lipinski definition) is 4. The van der Waals surface area contributed by atoms with Gasteiger partial charge in [-0.15, -0.1) is 23.7 Å². The van der Waals surface area contributed by atoms with Crippen molar-refractivity contribution in [3.63, 3.8) is 0 Å². The molecule has 10 nitrogen and oxygen atoms in total. The van der Waals surface area contributed by atoms with Gasteiger partial charge in [0.2, 0.25) is 0 Å². The minimum Gasteiger partial charge on any atom is -0.506 e. The van der Waals surface area contributed by atoms with E-state index in [4.69, 9.17) is 4.74 Å². The first-order chi connectivity index (χ1) is 22.1. The molecular weight excluding hydrogens is 665 g/mol. The third-order valence-electron chi connectivity index (χ3n) is 8.91. The van der Waals surface area contributed by atoms with E-state index in [-0.39, 0.29) is 46.9 Å². The molecule has 47 heavy (non-hydrogen) atoms. The summed E-state index contributed by atoms with van der Waals surface area (Å²) in [5.41, 5.74) is 2.69. The number of morpholine rings is 1. The molecule has 0 radical (unpaired) electrons. The molecular formula is C33H41ClFN5O5S2. The first-order valence-electron chi connectivity index (χ1n) is 15.7. The molecule has 1 spiro atoms. The van der Waals surface area contributed by atoms with Crippen LogP contribution >= 0.6 is 35.1 Å². The zero-order chi connectivity index (χ0) is 32.4. The number of aromatic amines is 1. The molecule has 0 unspecified atom stereocenters. The monoisotopic (exact) mass is 705 g/mol. The highest BCUT2D eigenvalue weighted by atomic mass is 35.5. The van der Waals surface area contributed by atoms with Crippen molar-refractivity contribution < 1.29 is 24.1 Å². The number of benzene rings is 2. The Morgan fingerprint density at radius 2 is 2.00 bits per heavy atom. The number of rotatable bonds is 10. The number of aromatic nitrogens is 2. The van der Waals surface area contributed by atoms with Gasteiger partial charge in [-0.2, -0.15) is 0 Å². The number of ether oxygens (including phenoxy) is 1. The number of phenols is 1. The lowest BCUT2D eigenvalue weighted by atomic mass is 9.89. The van der Waals surface area contributed by atoms with Gasteiger partial charge in [0.15, 0.2) is 0 Å². The van der Waals surface area contributed by atoms with Crippen molar-refractivity contribution in [2.75, 3.05) is 45.9 Å². The Balaban J connectivity index is 0.00000433. The van der Waals surface area contributed by atoms with Gasteiger partial charge in [-0.3, -0.25) is 14.5 Å². The number of halogens is 2. The first-order valence-corrected chi connectivity index (χ1v) is 17.4. The fourth-order valence-corrected chi connectivity index (χ4v) is 8.03. The van der Waals surface area contributed by atoms with E-state index in [9.17, 15) is 24.2 Å². The summed E-state index contributed by atoms with van der Waals surface area (Å²) in [5, 5.41) is 26.8. The number of phenolic OH excluding ortho intramolecular Hbond substituents is 1. The van der Waals surface area contributed by atoms with Gasteiger partial charge in [-0.1, -0.05) is 43.4 Å². The lowest BCUT2D eigenvalue weighted by Gasteiger charge is -2.47. The molecule has 4 N–H and O–H groups in total. The molecule has 254 valence electrons. The van der Waals surface area contributed by atoms with Crippen LogP contribution in [0.2, 0.25) is 0 Å². The number of carbonyl (C=O) groups excluding carboxylic acids is 1. The zero-order valence-electron chi connectivity index (χ0n) is 26.5. The minimum atomic E-state index is -0.892. The van der Waals surface area contributed by atoms with Gasteiger partial charge in [0, 0.05) is 49.6 Å². The van der Waals surface area contributed by atoms with E-state index in [1.54, 1.807) is 6.07 Å². The second-order valence-electron chi connectivity index (χ2n) is 12.5. The lowest BCUT2D eigenvalue weighted by Crippen LogP contribution is -2.58. The van der Waals surface area contributed by atoms with Crippen LogP contribution in [-0.4, -0.2) is 87.4 Å². The summed E-state index contributed by atoms with van der Waals surface area (Å²) in [7, 11) is 0. The van der Waals surface area contributed by atoms with E-state index in [1.807, 2.05) is 22.4 Å². The van der Waals surface area contributed by atoms with E-state index < -0.39 is 6.10 Å². The number of thiazole rings is 2. The largest absolute Gasteiger partial charge is 0.506 e. The smallest absolute Gasteiger partial charge is 0.305 e. The summed E-state index contributed by atoms with van der Waals surface area (Å²) in [6.07, 6.45) is 1.20. The Bertz CT molecular complexity index is 1750. The average Bonchev–Trinajstić information content (AvgIpc) is 3.70. The van der Waals surface area contributed by atoms with Crippen LogP contribution in [0.15, 0.2) is 40.5 Å². The predicted molar refractivity (Wildman–Crippen MR) is 185 cm³/mol. The molecule has 14 heteroatoms. The van der Waals surface area contributed by atoms with Gasteiger partial charge in [-0.05, 0) is 49.1 Å². The van der Waals surface area contributed by atoms with Gasteiger partial charge in [-0.25, -0.2) is 9.37 Å². The van der Waals surface area contributed by atoms with Crippen LogP contribution in [-0.2, 0) is 17.7 Å². The Morgan fingerprint density at radius 3 is 2.74 bits per heavy atom. The van der Waals surface area contributed by atoms with Crippen LogP contribution in [0.3, 0.4) is 0 Å². The van der Waals surface area contributed by atoms with Crippen molar-refractivity contribution in [2.45, 2.75) is 57.3 Å². The quantitative estimate of drug-likeness (QED) is 0.173. The molecule has 6 rings (SSSR count). The van der Waals surface area contributed by atoms with Crippen LogP contribution in [0.5, 0.6) is 5.75 Å². The van der Waals surface area contributed by atoms with Crippen LogP contribution < -0.4 is 10.2 Å². The molecule has 4 aromatic rings. The van der Waals surface area contributed by atoms with Crippen LogP contribution in [0.25, 0.3) is 10.2 Å². The second-order valence-corrected chi connectivity index (χ2v) is 14.4. The first kappa shape index (κ1) is 35.4. The molecule has 2 fully saturated rings. The highest BCUT2D eigenvalue weighted by molar-refractivity contribution is 7.16. The fraction of sp³-hybridized carbons (Fsp3) is 0.485. The molecule has 0 saturated carbocycles. The van der Waals surface area contributed by atoms with Crippen molar-refractivity contribution in [3.05, 3.63) is 78.6 Å². The standard InChI is InChI=1S/C33H40FN5O5S2.ClH/c1-20(2)30-36-25(18-45-30)31(42)39-13-14-44-33(19-39)8-11-38(12-9-33)17-21-3-5-24(34)22(15-21)7-10-35-16-27(41)23-4-6-26(40)28-29(23)46-32(43)37-28;/h3-6,15,18,20,27,35,40-41H,7-14,16-17,19H2,1-2H3,(H,37,43);1H/t27-;/m0./s1. The van der Waals surface area contributed by atoms with Gasteiger partial charge < -0.3 is 30.2 Å². The maximum absolute atomic E-state index is 14.7. The van der Waals surface area contributed by atoms with Gasteiger partial charge >= 0.3 is 4.87 Å². The summed E-state index contributed by atoms with van der Waals surface area (Å²) in [6.45, 7) is 8.84. The van der Waals surface area contributed by atoms with Crippen molar-refractivity contribution in [1.82, 2.24) is 25.1 Å². The molecule has 2 aliphatic rings. The maximum Gasteiger partial charge on any atom is 0.305 e. The van der Waals surface area contributed by atoms with Crippen molar-refractivity contribution in [3.8, 4) is 5.75 Å². The van der Waals surface area contributed by atoms with E-state index in [2.05, 4.69) is 34.0 Å². The fourth-order valence-electron chi connectivity index (χ4n) is 6.30. The van der Waals surface area contributed by atoms with Gasteiger partial charge in [0.05, 0.1) is 34.6 Å². The summed E-state index contributed by atoms with van der Waals surface area (Å²) < 4.78 is 21.5. The van der Waals surface area contributed by atoms with Crippen molar-refractivity contribution in [2.24, 2.45) is 0 Å². The second kappa shape index (κ2) is 15.1. The van der Waals surface area contributed by atoms with E-state index >= 15 is 0 Å². The number of aromatic hydroxyl groups is 1. The summed E-state index contributed by atoms with van der Waals surface area (Å²) >= 11 is 2.48. The number of nitrogens with zero attached hydrogens (tertiary/aromatic N) is 3. The van der Waals surface area contributed by atoms with Crippen LogP contribution in [0, 0.1) is 5.82 Å². The summed E-state index contributed by atoms with van der Waals surface area (Å²) in [6, 6.07) is 8.32. The number of aliphatic hydroxyl groups excluding tert-OH is 1. The molecule has 0 bridgehead atoms. The Kier molecular flexibility index (Phi) is 11.4. The number of hydrogen-bond acceptors (Lipinski definition) is 10. The van der Waals surface area contributed by atoms with Crippen molar-refractivity contribution >= 4 is 51.2 Å². The number of H-pyrrole nitrogens is 1. The number of amides is 1. The molecule has 1 atom stereocenters. The van der Waals surface area contributed by atoms with Crippen molar-refractivity contribution in [1.29, 1.82) is 0 Å². The molecule has 4 heterocycles. The highest BCUT2D eigenvalue weighted by Gasteiger charge is 2.41. The summed E-state index contributed by atoms with van der Waals surface area (Å²) in [5.74, 6) is -0.0234. The molecule has 2 aromatic heterocycles. The third kappa shape index (κ3) is 8.05. The topological polar surface area (TPSA) is 131 Å². The van der Waals surface area contributed by atoms with Gasteiger partial charge in [0.1, 0.15) is 22.8 Å². The maximum atomic E-state index is 14.7. The van der Waals surface area contributed by atoms with E-state index in [0.717, 1.165) is 47.8 Å². The predicted octanol–water partition coefficient (Wildman–Crippen LogP) is 4.81. The molecule has 2 aliphatic heterocycles. The van der Waals surface area contributed by atoms with E-state index in [0.29, 0.717) is 72.2 Å². The number of aliphatic hydroxyl groups is 1. The number of nitrogens with one attached hydrogen (secondary N) is 2. The Hall–Kier alpha value is -2.91. The zero-order valence-corrected chi connectivity index (χ0v) is 28.9. The number of fused-ring (bicyclic) bond motifs is 1. The Morgan fingerprint density at radius 1 is 1.21 bits per heavy atom. The number of likely N-dealkylation sites (tertiary alicyclic amines) is 1. The third-order valence-corrected chi connectivity index (χ3v) is 11.0. The lowest BCUT2D eigenvalue weighted by molar-refractivity contribution is -0.128. The molecule has 0 aliphatic carbocycles. The number of carbonyl (C=O) groups is 1.